The summed E-state index contributed by atoms with van der Waals surface area (Å²) in [5, 5.41) is 3.51. The van der Waals surface area contributed by atoms with E-state index in [0.717, 1.165) is 16.1 Å². The summed E-state index contributed by atoms with van der Waals surface area (Å²) < 4.78 is 0. The molecule has 23 heavy (non-hydrogen) atoms. The number of nitrogens with zero attached hydrogens (tertiary/aromatic N) is 1. The third kappa shape index (κ3) is 3.44. The topological polar surface area (TPSA) is 62.4 Å². The highest BCUT2D eigenvalue weighted by Gasteiger charge is 2.18. The van der Waals surface area contributed by atoms with Gasteiger partial charge in [-0.2, -0.15) is 0 Å². The summed E-state index contributed by atoms with van der Waals surface area (Å²) in [6.07, 6.45) is 0. The maximum absolute atomic E-state index is 12.2. The van der Waals surface area contributed by atoms with Crippen LogP contribution in [0.3, 0.4) is 0 Å². The minimum Gasteiger partial charge on any atom is -0.332 e. The summed E-state index contributed by atoms with van der Waals surface area (Å²) in [6, 6.07) is 15.4. The fourth-order valence-corrected chi connectivity index (χ4v) is 2.94. The van der Waals surface area contributed by atoms with E-state index in [1.54, 1.807) is 6.07 Å². The Balaban J connectivity index is 1.86. The van der Waals surface area contributed by atoms with Gasteiger partial charge in [-0.3, -0.25) is 4.79 Å². The summed E-state index contributed by atoms with van der Waals surface area (Å²) >= 11 is 6.05. The Hall–Kier alpha value is -2.17. The molecule has 0 fully saturated rings. The number of aromatic nitrogens is 2. The van der Waals surface area contributed by atoms with Gasteiger partial charge < -0.3 is 10.3 Å². The number of fused-ring (bicyclic) bond motifs is 1. The lowest BCUT2D eigenvalue weighted by Crippen LogP contribution is -2.85. The Bertz CT molecular complexity index is 891. The number of quaternary nitrogens is 1. The standard InChI is InChI=1S/C18H18ClN3O/c1-11(13-6-5-7-14(19)10-13)20-12(2)17-21-16-9-4-3-8-15(16)18(23)22-17/h3-12,20H,1-2H3,(H,21,22,23)/p+1/t11-,12+/m0/s1. The van der Waals surface area contributed by atoms with Crippen molar-refractivity contribution < 1.29 is 5.32 Å². The Kier molecular flexibility index (Phi) is 4.46. The van der Waals surface area contributed by atoms with E-state index in [1.807, 2.05) is 43.3 Å². The Morgan fingerprint density at radius 2 is 1.87 bits per heavy atom. The third-order valence-electron chi connectivity index (χ3n) is 4.01. The predicted octanol–water partition coefficient (Wildman–Crippen LogP) is 2.96. The fourth-order valence-electron chi connectivity index (χ4n) is 2.75. The van der Waals surface area contributed by atoms with E-state index in [4.69, 9.17) is 11.6 Å². The van der Waals surface area contributed by atoms with Gasteiger partial charge in [-0.15, -0.1) is 0 Å². The number of H-pyrrole nitrogens is 1. The van der Waals surface area contributed by atoms with Crippen molar-refractivity contribution >= 4 is 22.5 Å². The quantitative estimate of drug-likeness (QED) is 0.773. The smallest absolute Gasteiger partial charge is 0.258 e. The van der Waals surface area contributed by atoms with Crippen LogP contribution in [0.1, 0.15) is 37.3 Å². The van der Waals surface area contributed by atoms with E-state index in [-0.39, 0.29) is 17.6 Å². The maximum atomic E-state index is 12.2. The zero-order valence-corrected chi connectivity index (χ0v) is 13.8. The second-order valence-corrected chi connectivity index (χ2v) is 6.23. The second kappa shape index (κ2) is 6.52. The van der Waals surface area contributed by atoms with Gasteiger partial charge in [0.05, 0.1) is 10.9 Å². The van der Waals surface area contributed by atoms with Crippen molar-refractivity contribution in [1.29, 1.82) is 0 Å². The van der Waals surface area contributed by atoms with Crippen molar-refractivity contribution in [3.63, 3.8) is 0 Å². The molecule has 2 atom stereocenters. The normalized spacial score (nSPS) is 13.9. The van der Waals surface area contributed by atoms with E-state index < -0.39 is 0 Å². The van der Waals surface area contributed by atoms with Gasteiger partial charge in [-0.1, -0.05) is 35.9 Å². The number of nitrogens with one attached hydrogen (secondary N) is 1. The molecule has 3 rings (SSSR count). The summed E-state index contributed by atoms with van der Waals surface area (Å²) in [4.78, 5) is 19.7. The highest BCUT2D eigenvalue weighted by atomic mass is 35.5. The van der Waals surface area contributed by atoms with Crippen LogP contribution in [0.25, 0.3) is 10.9 Å². The number of hydrogen-bond acceptors (Lipinski definition) is 2. The molecule has 0 radical (unpaired) electrons. The van der Waals surface area contributed by atoms with Crippen LogP contribution in [-0.2, 0) is 0 Å². The molecule has 1 aromatic heterocycles. The first-order valence-electron chi connectivity index (χ1n) is 7.64. The Morgan fingerprint density at radius 1 is 1.09 bits per heavy atom. The molecule has 0 bridgehead atoms. The molecule has 0 saturated carbocycles. The molecule has 0 aliphatic carbocycles. The Morgan fingerprint density at radius 3 is 2.65 bits per heavy atom. The lowest BCUT2D eigenvalue weighted by molar-refractivity contribution is -0.729. The highest BCUT2D eigenvalue weighted by molar-refractivity contribution is 6.30. The summed E-state index contributed by atoms with van der Waals surface area (Å²) in [5.74, 6) is 0.683. The van der Waals surface area contributed by atoms with Gasteiger partial charge in [-0.25, -0.2) is 4.98 Å². The van der Waals surface area contributed by atoms with Crippen LogP contribution in [0.15, 0.2) is 53.3 Å². The summed E-state index contributed by atoms with van der Waals surface area (Å²) in [7, 11) is 0. The molecule has 0 aliphatic heterocycles. The van der Waals surface area contributed by atoms with E-state index in [2.05, 4.69) is 28.3 Å². The highest BCUT2D eigenvalue weighted by Crippen LogP contribution is 2.16. The summed E-state index contributed by atoms with van der Waals surface area (Å²) in [5.41, 5.74) is 1.77. The molecule has 3 N–H and O–H groups in total. The zero-order chi connectivity index (χ0) is 16.4. The van der Waals surface area contributed by atoms with Gasteiger partial charge in [0.15, 0.2) is 5.82 Å². The number of nitrogens with two attached hydrogens (primary N) is 1. The molecule has 0 amide bonds. The molecule has 0 unspecified atom stereocenters. The molecule has 118 valence electrons. The molecule has 4 nitrogen and oxygen atoms in total. The first-order chi connectivity index (χ1) is 11.0. The lowest BCUT2D eigenvalue weighted by atomic mass is 10.1. The van der Waals surface area contributed by atoms with Gasteiger partial charge in [0, 0.05) is 10.6 Å². The van der Waals surface area contributed by atoms with E-state index in [0.29, 0.717) is 11.2 Å². The fraction of sp³-hybridized carbons (Fsp3) is 0.222. The number of rotatable bonds is 4. The molecule has 0 spiro atoms. The third-order valence-corrected chi connectivity index (χ3v) is 4.25. The number of halogens is 1. The van der Waals surface area contributed by atoms with Crippen molar-refractivity contribution in [2.75, 3.05) is 0 Å². The molecule has 1 heterocycles. The van der Waals surface area contributed by atoms with Gasteiger partial charge in [0.1, 0.15) is 12.1 Å². The van der Waals surface area contributed by atoms with Gasteiger partial charge >= 0.3 is 0 Å². The molecule has 3 aromatic rings. The van der Waals surface area contributed by atoms with Gasteiger partial charge in [0.25, 0.3) is 5.56 Å². The molecular weight excluding hydrogens is 310 g/mol. The average molecular weight is 329 g/mol. The molecular formula is C18H19ClN3O+. The van der Waals surface area contributed by atoms with Crippen molar-refractivity contribution in [3.05, 3.63) is 75.3 Å². The maximum Gasteiger partial charge on any atom is 0.258 e. The van der Waals surface area contributed by atoms with Crippen molar-refractivity contribution in [2.24, 2.45) is 0 Å². The van der Waals surface area contributed by atoms with Crippen LogP contribution in [0.4, 0.5) is 0 Å². The number of benzene rings is 2. The average Bonchev–Trinajstić information content (AvgIpc) is 2.54. The minimum atomic E-state index is -0.0961. The van der Waals surface area contributed by atoms with E-state index in [1.165, 1.54) is 0 Å². The van der Waals surface area contributed by atoms with Crippen LogP contribution in [0, 0.1) is 0 Å². The zero-order valence-electron chi connectivity index (χ0n) is 13.1. The molecule has 5 heteroatoms. The van der Waals surface area contributed by atoms with E-state index >= 15 is 0 Å². The first-order valence-corrected chi connectivity index (χ1v) is 8.02. The molecule has 2 aromatic carbocycles. The lowest BCUT2D eigenvalue weighted by Gasteiger charge is -2.17. The van der Waals surface area contributed by atoms with Gasteiger partial charge in [-0.05, 0) is 38.1 Å². The van der Waals surface area contributed by atoms with Gasteiger partial charge in [0.2, 0.25) is 0 Å². The monoisotopic (exact) mass is 328 g/mol. The van der Waals surface area contributed by atoms with Crippen molar-refractivity contribution in [1.82, 2.24) is 9.97 Å². The van der Waals surface area contributed by atoms with Crippen molar-refractivity contribution in [2.45, 2.75) is 25.9 Å². The number of hydrogen-bond donors (Lipinski definition) is 2. The van der Waals surface area contributed by atoms with Crippen LogP contribution in [-0.4, -0.2) is 9.97 Å². The SMILES string of the molecule is C[C@H]([NH2+][C@H](C)c1nc2ccccc2c(=O)[nH]1)c1cccc(Cl)c1. The van der Waals surface area contributed by atoms with Crippen LogP contribution in [0.2, 0.25) is 5.02 Å². The second-order valence-electron chi connectivity index (χ2n) is 5.79. The molecule has 0 saturated heterocycles. The minimum absolute atomic E-state index is 0.0290. The first kappa shape index (κ1) is 15.7. The van der Waals surface area contributed by atoms with E-state index in [9.17, 15) is 4.79 Å². The summed E-state index contributed by atoms with van der Waals surface area (Å²) in [6.45, 7) is 4.15. The molecule has 0 aliphatic rings. The Labute approximate surface area is 139 Å². The van der Waals surface area contributed by atoms with Crippen molar-refractivity contribution in [3.8, 4) is 0 Å². The van der Waals surface area contributed by atoms with Crippen LogP contribution < -0.4 is 10.9 Å². The number of aromatic amines is 1. The van der Waals surface area contributed by atoms with Crippen LogP contribution >= 0.6 is 11.6 Å². The predicted molar refractivity (Wildman–Crippen MR) is 92.6 cm³/mol. The number of para-hydroxylation sites is 1. The van der Waals surface area contributed by atoms with Crippen LogP contribution in [0.5, 0.6) is 0 Å². The largest absolute Gasteiger partial charge is 0.332 e.